The zero-order valence-corrected chi connectivity index (χ0v) is 11.4. The van der Waals surface area contributed by atoms with Crippen LogP contribution in [0, 0.1) is 5.92 Å². The monoisotopic (exact) mass is 234 g/mol. The van der Waals surface area contributed by atoms with E-state index in [2.05, 4.69) is 32.9 Å². The van der Waals surface area contributed by atoms with Gasteiger partial charge in [0, 0.05) is 0 Å². The first-order valence-electron chi connectivity index (χ1n) is 7.00. The van der Waals surface area contributed by atoms with Gasteiger partial charge < -0.3 is 5.11 Å². The molecule has 0 saturated carbocycles. The molecule has 1 aromatic rings. The molecule has 0 heterocycles. The number of hydrogen-bond donors (Lipinski definition) is 1. The maximum Gasteiger partial charge on any atom is 0.115 e. The van der Waals surface area contributed by atoms with Crippen LogP contribution in [0.3, 0.4) is 0 Å². The third-order valence-corrected chi connectivity index (χ3v) is 3.77. The van der Waals surface area contributed by atoms with Crippen molar-refractivity contribution < 1.29 is 5.11 Å². The van der Waals surface area contributed by atoms with E-state index in [1.165, 1.54) is 37.7 Å². The molecular formula is C16H26O. The Morgan fingerprint density at radius 3 is 2.06 bits per heavy atom. The summed E-state index contributed by atoms with van der Waals surface area (Å²) < 4.78 is 0. The minimum atomic E-state index is 0.367. The Morgan fingerprint density at radius 1 is 1.00 bits per heavy atom. The molecule has 0 aliphatic rings. The summed E-state index contributed by atoms with van der Waals surface area (Å²) in [5.74, 6) is 1.86. The molecule has 96 valence electrons. The SMILES string of the molecule is CCCC(CC(CC)CC)c1ccc(O)cc1. The van der Waals surface area contributed by atoms with Crippen LogP contribution >= 0.6 is 0 Å². The Morgan fingerprint density at radius 2 is 1.59 bits per heavy atom. The molecule has 1 unspecified atom stereocenters. The van der Waals surface area contributed by atoms with Crippen molar-refractivity contribution in [2.24, 2.45) is 5.92 Å². The first-order valence-corrected chi connectivity index (χ1v) is 7.00. The molecule has 0 aromatic heterocycles. The second-order valence-electron chi connectivity index (χ2n) is 5.00. The van der Waals surface area contributed by atoms with Crippen molar-refractivity contribution in [2.45, 2.75) is 58.8 Å². The summed E-state index contributed by atoms with van der Waals surface area (Å²) in [6.07, 6.45) is 6.31. The predicted molar refractivity (Wildman–Crippen MR) is 74.4 cm³/mol. The number of phenolic OH excluding ortho intramolecular Hbond substituents is 1. The third kappa shape index (κ3) is 4.41. The summed E-state index contributed by atoms with van der Waals surface area (Å²) in [5, 5.41) is 9.34. The van der Waals surface area contributed by atoms with Gasteiger partial charge in [-0.25, -0.2) is 0 Å². The van der Waals surface area contributed by atoms with Crippen LogP contribution in [0.5, 0.6) is 5.75 Å². The Balaban J connectivity index is 2.73. The van der Waals surface area contributed by atoms with E-state index in [1.807, 2.05) is 12.1 Å². The van der Waals surface area contributed by atoms with Crippen LogP contribution < -0.4 is 0 Å². The first-order chi connectivity index (χ1) is 8.21. The summed E-state index contributed by atoms with van der Waals surface area (Å²) in [4.78, 5) is 0. The smallest absolute Gasteiger partial charge is 0.115 e. The molecule has 1 heteroatoms. The number of hydrogen-bond acceptors (Lipinski definition) is 1. The largest absolute Gasteiger partial charge is 0.508 e. The Hall–Kier alpha value is -0.980. The molecule has 0 bridgehead atoms. The van der Waals surface area contributed by atoms with Crippen LogP contribution in [-0.4, -0.2) is 5.11 Å². The van der Waals surface area contributed by atoms with Gasteiger partial charge in [-0.3, -0.25) is 0 Å². The normalized spacial score (nSPS) is 12.9. The standard InChI is InChI=1S/C16H26O/c1-4-7-15(12-13(5-2)6-3)14-8-10-16(17)11-9-14/h8-11,13,15,17H,4-7,12H2,1-3H3. The molecule has 1 aromatic carbocycles. The molecular weight excluding hydrogens is 208 g/mol. The van der Waals surface area contributed by atoms with Crippen LogP contribution in [-0.2, 0) is 0 Å². The van der Waals surface area contributed by atoms with Crippen molar-refractivity contribution >= 4 is 0 Å². The summed E-state index contributed by atoms with van der Waals surface area (Å²) in [6, 6.07) is 7.78. The number of rotatable bonds is 7. The van der Waals surface area contributed by atoms with Gasteiger partial charge in [-0.15, -0.1) is 0 Å². The van der Waals surface area contributed by atoms with Crippen LogP contribution in [0.4, 0.5) is 0 Å². The molecule has 17 heavy (non-hydrogen) atoms. The van der Waals surface area contributed by atoms with E-state index in [1.54, 1.807) is 0 Å². The van der Waals surface area contributed by atoms with Gasteiger partial charge in [0.15, 0.2) is 0 Å². The van der Waals surface area contributed by atoms with E-state index in [0.717, 1.165) is 5.92 Å². The molecule has 0 aliphatic heterocycles. The average molecular weight is 234 g/mol. The lowest BCUT2D eigenvalue weighted by Gasteiger charge is -2.22. The minimum Gasteiger partial charge on any atom is -0.508 e. The van der Waals surface area contributed by atoms with Gasteiger partial charge in [0.1, 0.15) is 5.75 Å². The van der Waals surface area contributed by atoms with E-state index >= 15 is 0 Å². The lowest BCUT2D eigenvalue weighted by Crippen LogP contribution is -2.06. The molecule has 1 rings (SSSR count). The number of phenols is 1. The Kier molecular flexibility index (Phi) is 6.10. The molecule has 0 saturated heterocycles. The summed E-state index contributed by atoms with van der Waals surface area (Å²) in [7, 11) is 0. The van der Waals surface area contributed by atoms with Gasteiger partial charge in [-0.05, 0) is 42.4 Å². The molecule has 0 fully saturated rings. The minimum absolute atomic E-state index is 0.367. The van der Waals surface area contributed by atoms with Crippen LogP contribution in [0.1, 0.15) is 64.4 Å². The van der Waals surface area contributed by atoms with Gasteiger partial charge >= 0.3 is 0 Å². The third-order valence-electron chi connectivity index (χ3n) is 3.77. The topological polar surface area (TPSA) is 20.2 Å². The molecule has 1 N–H and O–H groups in total. The van der Waals surface area contributed by atoms with Gasteiger partial charge in [-0.2, -0.15) is 0 Å². The molecule has 0 radical (unpaired) electrons. The van der Waals surface area contributed by atoms with Gasteiger partial charge in [0.05, 0.1) is 0 Å². The fourth-order valence-electron chi connectivity index (χ4n) is 2.54. The highest BCUT2D eigenvalue weighted by atomic mass is 16.3. The molecule has 0 aliphatic carbocycles. The zero-order valence-electron chi connectivity index (χ0n) is 11.4. The second kappa shape index (κ2) is 7.37. The quantitative estimate of drug-likeness (QED) is 0.695. The molecule has 0 spiro atoms. The van der Waals surface area contributed by atoms with Crippen LogP contribution in [0.15, 0.2) is 24.3 Å². The summed E-state index contributed by atoms with van der Waals surface area (Å²) in [5.41, 5.74) is 1.39. The summed E-state index contributed by atoms with van der Waals surface area (Å²) >= 11 is 0. The van der Waals surface area contributed by atoms with Crippen molar-refractivity contribution in [1.29, 1.82) is 0 Å². The number of aromatic hydroxyl groups is 1. The maximum absolute atomic E-state index is 9.34. The lowest BCUT2D eigenvalue weighted by atomic mass is 9.84. The van der Waals surface area contributed by atoms with Gasteiger partial charge in [0.2, 0.25) is 0 Å². The average Bonchev–Trinajstić information content (AvgIpc) is 2.35. The van der Waals surface area contributed by atoms with E-state index in [9.17, 15) is 5.11 Å². The van der Waals surface area contributed by atoms with Crippen molar-refractivity contribution in [3.63, 3.8) is 0 Å². The number of benzene rings is 1. The van der Waals surface area contributed by atoms with Gasteiger partial charge in [-0.1, -0.05) is 52.2 Å². The fourth-order valence-corrected chi connectivity index (χ4v) is 2.54. The van der Waals surface area contributed by atoms with Crippen molar-refractivity contribution in [1.82, 2.24) is 0 Å². The first kappa shape index (κ1) is 14.1. The van der Waals surface area contributed by atoms with E-state index < -0.39 is 0 Å². The van der Waals surface area contributed by atoms with Crippen molar-refractivity contribution in [3.8, 4) is 5.75 Å². The second-order valence-corrected chi connectivity index (χ2v) is 5.00. The highest BCUT2D eigenvalue weighted by Gasteiger charge is 2.15. The fraction of sp³-hybridized carbons (Fsp3) is 0.625. The van der Waals surface area contributed by atoms with E-state index in [4.69, 9.17) is 0 Å². The zero-order chi connectivity index (χ0) is 12.7. The summed E-state index contributed by atoms with van der Waals surface area (Å²) in [6.45, 7) is 6.82. The lowest BCUT2D eigenvalue weighted by molar-refractivity contribution is 0.396. The maximum atomic E-state index is 9.34. The molecule has 0 amide bonds. The molecule has 1 atom stereocenters. The highest BCUT2D eigenvalue weighted by molar-refractivity contribution is 5.28. The van der Waals surface area contributed by atoms with Crippen LogP contribution in [0.2, 0.25) is 0 Å². The Bertz CT molecular complexity index is 298. The predicted octanol–water partition coefficient (Wildman–Crippen LogP) is 5.10. The van der Waals surface area contributed by atoms with E-state index in [-0.39, 0.29) is 0 Å². The van der Waals surface area contributed by atoms with E-state index in [0.29, 0.717) is 11.7 Å². The van der Waals surface area contributed by atoms with Crippen molar-refractivity contribution in [3.05, 3.63) is 29.8 Å². The van der Waals surface area contributed by atoms with Crippen LogP contribution in [0.25, 0.3) is 0 Å². The Labute approximate surface area is 106 Å². The molecule has 1 nitrogen and oxygen atoms in total. The van der Waals surface area contributed by atoms with Crippen molar-refractivity contribution in [2.75, 3.05) is 0 Å². The highest BCUT2D eigenvalue weighted by Crippen LogP contribution is 2.31. The van der Waals surface area contributed by atoms with Gasteiger partial charge in [0.25, 0.3) is 0 Å².